The predicted octanol–water partition coefficient (Wildman–Crippen LogP) is 1.88. The first kappa shape index (κ1) is 12.9. The molecule has 3 nitrogen and oxygen atoms in total. The van der Waals surface area contributed by atoms with Crippen LogP contribution in [0.5, 0.6) is 0 Å². The molecule has 0 aromatic rings. The lowest BCUT2D eigenvalue weighted by atomic mass is 9.92. The molecule has 2 heterocycles. The van der Waals surface area contributed by atoms with Gasteiger partial charge in [-0.05, 0) is 44.4 Å². The van der Waals surface area contributed by atoms with Gasteiger partial charge in [0.2, 0.25) is 0 Å². The Morgan fingerprint density at radius 1 is 0.944 bits per heavy atom. The van der Waals surface area contributed by atoms with Gasteiger partial charge in [-0.1, -0.05) is 19.3 Å². The molecule has 0 amide bonds. The van der Waals surface area contributed by atoms with Crippen LogP contribution in [0.2, 0.25) is 0 Å². The van der Waals surface area contributed by atoms with Crippen molar-refractivity contribution in [3.63, 3.8) is 0 Å². The third kappa shape index (κ3) is 2.59. The number of fused-ring (bicyclic) bond motifs is 2. The molecule has 3 rings (SSSR count). The fourth-order valence-corrected chi connectivity index (χ4v) is 4.45. The van der Waals surface area contributed by atoms with Crippen LogP contribution in [0, 0.1) is 5.92 Å². The summed E-state index contributed by atoms with van der Waals surface area (Å²) in [5, 5.41) is 9.86. The summed E-state index contributed by atoms with van der Waals surface area (Å²) in [4.78, 5) is 2.70. The van der Waals surface area contributed by atoms with Gasteiger partial charge in [-0.15, -0.1) is 0 Å². The Morgan fingerprint density at radius 2 is 1.61 bits per heavy atom. The number of aliphatic hydroxyl groups is 1. The normalized spacial score (nSPS) is 46.0. The molecule has 2 bridgehead atoms. The number of hydrogen-bond acceptors (Lipinski definition) is 3. The van der Waals surface area contributed by atoms with Gasteiger partial charge in [0.25, 0.3) is 0 Å². The second-order valence-corrected chi connectivity index (χ2v) is 6.77. The van der Waals surface area contributed by atoms with Crippen molar-refractivity contribution >= 4 is 0 Å². The summed E-state index contributed by atoms with van der Waals surface area (Å²) >= 11 is 0. The van der Waals surface area contributed by atoms with Gasteiger partial charge in [0.05, 0.1) is 6.10 Å². The minimum Gasteiger partial charge on any atom is -0.393 e. The van der Waals surface area contributed by atoms with Crippen molar-refractivity contribution in [2.45, 2.75) is 82.0 Å². The molecule has 104 valence electrons. The van der Waals surface area contributed by atoms with Crippen molar-refractivity contribution < 1.29 is 5.11 Å². The third-order valence-corrected chi connectivity index (χ3v) is 5.52. The van der Waals surface area contributed by atoms with Gasteiger partial charge in [-0.25, -0.2) is 0 Å². The minimum absolute atomic E-state index is 0.0402. The van der Waals surface area contributed by atoms with Gasteiger partial charge in [0.15, 0.2) is 0 Å². The highest BCUT2D eigenvalue weighted by Crippen LogP contribution is 2.37. The lowest BCUT2D eigenvalue weighted by molar-refractivity contribution is 0.0240. The number of rotatable bonds is 2. The van der Waals surface area contributed by atoms with Gasteiger partial charge in [0.1, 0.15) is 0 Å². The van der Waals surface area contributed by atoms with Gasteiger partial charge in [-0.2, -0.15) is 0 Å². The van der Waals surface area contributed by atoms with E-state index in [1.165, 1.54) is 51.5 Å². The topological polar surface area (TPSA) is 49.5 Å². The zero-order chi connectivity index (χ0) is 12.5. The second-order valence-electron chi connectivity index (χ2n) is 6.77. The molecule has 2 saturated heterocycles. The number of nitrogens with zero attached hydrogens (tertiary/aromatic N) is 1. The highest BCUT2D eigenvalue weighted by Gasteiger charge is 2.41. The monoisotopic (exact) mass is 252 g/mol. The number of hydrogen-bond donors (Lipinski definition) is 2. The average molecular weight is 252 g/mol. The molecule has 18 heavy (non-hydrogen) atoms. The molecule has 0 radical (unpaired) electrons. The first-order valence-electron chi connectivity index (χ1n) is 7.93. The molecule has 1 aliphatic carbocycles. The number of nitrogens with two attached hydrogens (primary N) is 1. The van der Waals surface area contributed by atoms with E-state index in [9.17, 15) is 5.11 Å². The summed E-state index contributed by atoms with van der Waals surface area (Å²) in [7, 11) is 0. The van der Waals surface area contributed by atoms with Crippen LogP contribution >= 0.6 is 0 Å². The Morgan fingerprint density at radius 3 is 2.33 bits per heavy atom. The lowest BCUT2D eigenvalue weighted by Crippen LogP contribution is -2.49. The molecule has 0 spiro atoms. The van der Waals surface area contributed by atoms with Gasteiger partial charge in [0, 0.05) is 24.7 Å². The summed E-state index contributed by atoms with van der Waals surface area (Å²) in [6.45, 7) is 1.20. The summed E-state index contributed by atoms with van der Waals surface area (Å²) in [6, 6.07) is 1.71. The van der Waals surface area contributed by atoms with E-state index in [-0.39, 0.29) is 6.10 Å². The van der Waals surface area contributed by atoms with Crippen LogP contribution < -0.4 is 5.73 Å². The van der Waals surface area contributed by atoms with Gasteiger partial charge < -0.3 is 10.8 Å². The molecule has 1 saturated carbocycles. The molecule has 4 unspecified atom stereocenters. The van der Waals surface area contributed by atoms with Crippen molar-refractivity contribution in [1.82, 2.24) is 4.90 Å². The number of aliphatic hydroxyl groups excluding tert-OH is 1. The summed E-state index contributed by atoms with van der Waals surface area (Å²) in [5.74, 6) is 0.700. The number of piperidine rings is 1. The third-order valence-electron chi connectivity index (χ3n) is 5.52. The van der Waals surface area contributed by atoms with E-state index in [4.69, 9.17) is 5.73 Å². The van der Waals surface area contributed by atoms with E-state index in [0.717, 1.165) is 12.8 Å². The van der Waals surface area contributed by atoms with Crippen LogP contribution in [0.3, 0.4) is 0 Å². The maximum atomic E-state index is 9.86. The minimum atomic E-state index is -0.0402. The molecule has 2 aliphatic heterocycles. The molecule has 3 fully saturated rings. The Kier molecular flexibility index (Phi) is 3.92. The predicted molar refractivity (Wildman–Crippen MR) is 73.3 cm³/mol. The molecule has 3 N–H and O–H groups in total. The Hall–Kier alpha value is -0.120. The fourth-order valence-electron chi connectivity index (χ4n) is 4.45. The van der Waals surface area contributed by atoms with Crippen LogP contribution in [-0.2, 0) is 0 Å². The molecular formula is C15H28N2O. The highest BCUT2D eigenvalue weighted by atomic mass is 16.3. The van der Waals surface area contributed by atoms with Crippen molar-refractivity contribution in [3.05, 3.63) is 0 Å². The van der Waals surface area contributed by atoms with Gasteiger partial charge >= 0.3 is 0 Å². The van der Waals surface area contributed by atoms with E-state index in [1.54, 1.807) is 0 Å². The summed E-state index contributed by atoms with van der Waals surface area (Å²) in [5.41, 5.74) is 6.36. The Balaban J connectivity index is 1.62. The van der Waals surface area contributed by atoms with E-state index < -0.39 is 0 Å². The van der Waals surface area contributed by atoms with Gasteiger partial charge in [-0.3, -0.25) is 4.90 Å². The molecular weight excluding hydrogens is 224 g/mol. The van der Waals surface area contributed by atoms with Crippen LogP contribution in [0.1, 0.15) is 57.8 Å². The highest BCUT2D eigenvalue weighted by molar-refractivity contribution is 4.96. The van der Waals surface area contributed by atoms with Crippen LogP contribution in [-0.4, -0.2) is 40.8 Å². The molecule has 0 aromatic heterocycles. The van der Waals surface area contributed by atoms with E-state index >= 15 is 0 Å². The maximum Gasteiger partial charge on any atom is 0.0570 e. The largest absolute Gasteiger partial charge is 0.393 e. The van der Waals surface area contributed by atoms with Crippen LogP contribution in [0.4, 0.5) is 0 Å². The zero-order valence-corrected chi connectivity index (χ0v) is 11.4. The van der Waals surface area contributed by atoms with Crippen molar-refractivity contribution in [3.8, 4) is 0 Å². The Labute approximate surface area is 111 Å². The van der Waals surface area contributed by atoms with E-state index in [0.29, 0.717) is 24.0 Å². The quantitative estimate of drug-likeness (QED) is 0.738. The second kappa shape index (κ2) is 5.48. The summed E-state index contributed by atoms with van der Waals surface area (Å²) < 4.78 is 0. The first-order valence-corrected chi connectivity index (χ1v) is 7.93. The Bertz CT molecular complexity index is 270. The van der Waals surface area contributed by atoms with E-state index in [1.807, 2.05) is 0 Å². The lowest BCUT2D eigenvalue weighted by Gasteiger charge is -2.40. The van der Waals surface area contributed by atoms with Crippen molar-refractivity contribution in [2.24, 2.45) is 11.7 Å². The first-order chi connectivity index (χ1) is 8.74. The fraction of sp³-hybridized carbons (Fsp3) is 1.00. The molecule has 0 aromatic carbocycles. The van der Waals surface area contributed by atoms with Crippen molar-refractivity contribution in [2.75, 3.05) is 6.54 Å². The molecule has 3 aliphatic rings. The molecule has 3 heteroatoms. The van der Waals surface area contributed by atoms with E-state index in [2.05, 4.69) is 4.90 Å². The molecule has 4 atom stereocenters. The van der Waals surface area contributed by atoms with Crippen LogP contribution in [0.25, 0.3) is 0 Å². The van der Waals surface area contributed by atoms with Crippen molar-refractivity contribution in [1.29, 1.82) is 0 Å². The maximum absolute atomic E-state index is 9.86. The zero-order valence-electron chi connectivity index (χ0n) is 11.4. The summed E-state index contributed by atoms with van der Waals surface area (Å²) in [6.07, 6.45) is 11.1. The smallest absolute Gasteiger partial charge is 0.0570 e. The SMILES string of the molecule is NC1CCCCCC1CN1C2CCC1CC(O)C2. The standard InChI is InChI=1S/C15H28N2O/c16-15-5-3-1-2-4-11(15)10-17-12-6-7-13(17)9-14(18)8-12/h11-15,18H,1-10,16H2. The average Bonchev–Trinajstić information content (AvgIpc) is 2.54. The van der Waals surface area contributed by atoms with Crippen LogP contribution in [0.15, 0.2) is 0 Å².